The van der Waals surface area contributed by atoms with E-state index >= 15 is 0 Å². The van der Waals surface area contributed by atoms with Gasteiger partial charge < -0.3 is 5.32 Å². The zero-order valence-electron chi connectivity index (χ0n) is 6.67. The van der Waals surface area contributed by atoms with Gasteiger partial charge in [0.15, 0.2) is 0 Å². The van der Waals surface area contributed by atoms with Crippen molar-refractivity contribution in [1.29, 1.82) is 0 Å². The van der Waals surface area contributed by atoms with E-state index in [-0.39, 0.29) is 5.91 Å². The minimum absolute atomic E-state index is 0.0330. The largest absolute Gasteiger partial charge is 0.359 e. The van der Waals surface area contributed by atoms with Crippen LogP contribution in [-0.4, -0.2) is 17.9 Å². The van der Waals surface area contributed by atoms with Gasteiger partial charge in [0.05, 0.1) is 12.1 Å². The van der Waals surface area contributed by atoms with Gasteiger partial charge in [-0.1, -0.05) is 0 Å². The summed E-state index contributed by atoms with van der Waals surface area (Å²) in [5, 5.41) is 2.54. The third-order valence-corrected chi connectivity index (χ3v) is 2.16. The first-order chi connectivity index (χ1) is 5.74. The second kappa shape index (κ2) is 4.21. The summed E-state index contributed by atoms with van der Waals surface area (Å²) in [5.74, 6) is -0.0330. The van der Waals surface area contributed by atoms with E-state index in [1.54, 1.807) is 13.2 Å². The van der Waals surface area contributed by atoms with Crippen molar-refractivity contribution >= 4 is 21.8 Å². The van der Waals surface area contributed by atoms with E-state index in [2.05, 4.69) is 26.2 Å². The highest BCUT2D eigenvalue weighted by Gasteiger charge is 2.04. The number of pyridine rings is 1. The number of amides is 1. The standard InChI is InChI=1S/C8H9BrN2O/c1-10-8(12)5-7-6(9)3-2-4-11-7/h2-4H,5H2,1H3,(H,10,12). The number of hydrogen-bond donors (Lipinski definition) is 1. The molecule has 0 saturated heterocycles. The van der Waals surface area contributed by atoms with Gasteiger partial charge in [-0.05, 0) is 28.1 Å². The first-order valence-electron chi connectivity index (χ1n) is 3.54. The molecule has 0 aliphatic carbocycles. The van der Waals surface area contributed by atoms with E-state index in [0.29, 0.717) is 6.42 Å². The number of halogens is 1. The van der Waals surface area contributed by atoms with Crippen LogP contribution in [0.4, 0.5) is 0 Å². The maximum atomic E-state index is 11.0. The number of rotatable bonds is 2. The molecular weight excluding hydrogens is 220 g/mol. The van der Waals surface area contributed by atoms with Crippen LogP contribution in [0.15, 0.2) is 22.8 Å². The Bertz CT molecular complexity index is 288. The first-order valence-corrected chi connectivity index (χ1v) is 4.33. The molecule has 1 amide bonds. The Morgan fingerprint density at radius 3 is 3.08 bits per heavy atom. The van der Waals surface area contributed by atoms with Gasteiger partial charge in [-0.3, -0.25) is 9.78 Å². The van der Waals surface area contributed by atoms with Gasteiger partial charge in [-0.15, -0.1) is 0 Å². The van der Waals surface area contributed by atoms with Gasteiger partial charge in [0.1, 0.15) is 0 Å². The normalized spacial score (nSPS) is 9.50. The topological polar surface area (TPSA) is 42.0 Å². The molecule has 12 heavy (non-hydrogen) atoms. The summed E-state index contributed by atoms with van der Waals surface area (Å²) in [6, 6.07) is 3.68. The molecule has 0 aliphatic rings. The number of aromatic nitrogens is 1. The first kappa shape index (κ1) is 9.19. The van der Waals surface area contributed by atoms with E-state index in [1.807, 2.05) is 12.1 Å². The molecule has 0 spiro atoms. The summed E-state index contributed by atoms with van der Waals surface area (Å²) in [4.78, 5) is 15.0. The zero-order valence-corrected chi connectivity index (χ0v) is 8.26. The molecule has 0 aliphatic heterocycles. The minimum atomic E-state index is -0.0330. The Morgan fingerprint density at radius 1 is 1.75 bits per heavy atom. The fourth-order valence-electron chi connectivity index (χ4n) is 0.789. The molecule has 1 aromatic rings. The lowest BCUT2D eigenvalue weighted by molar-refractivity contribution is -0.120. The van der Waals surface area contributed by atoms with Gasteiger partial charge in [0, 0.05) is 17.7 Å². The van der Waals surface area contributed by atoms with Gasteiger partial charge in [-0.25, -0.2) is 0 Å². The summed E-state index contributed by atoms with van der Waals surface area (Å²) in [5.41, 5.74) is 0.761. The van der Waals surface area contributed by atoms with E-state index in [0.717, 1.165) is 10.2 Å². The molecule has 0 bridgehead atoms. The Balaban J connectivity index is 2.75. The highest BCUT2D eigenvalue weighted by molar-refractivity contribution is 9.10. The summed E-state index contributed by atoms with van der Waals surface area (Å²) in [6.07, 6.45) is 1.99. The molecule has 4 heteroatoms. The molecular formula is C8H9BrN2O. The van der Waals surface area contributed by atoms with Crippen molar-refractivity contribution in [3.63, 3.8) is 0 Å². The Hall–Kier alpha value is -0.900. The minimum Gasteiger partial charge on any atom is -0.359 e. The molecule has 64 valence electrons. The lowest BCUT2D eigenvalue weighted by Crippen LogP contribution is -2.20. The number of carbonyl (C=O) groups is 1. The van der Waals surface area contributed by atoms with Gasteiger partial charge in [0.25, 0.3) is 0 Å². The van der Waals surface area contributed by atoms with Crippen LogP contribution >= 0.6 is 15.9 Å². The molecule has 0 aromatic carbocycles. The molecule has 1 rings (SSSR count). The van der Waals surface area contributed by atoms with Crippen LogP contribution < -0.4 is 5.32 Å². The second-order valence-electron chi connectivity index (χ2n) is 2.28. The number of nitrogens with zero attached hydrogens (tertiary/aromatic N) is 1. The molecule has 0 unspecified atom stereocenters. The Kier molecular flexibility index (Phi) is 3.22. The Morgan fingerprint density at radius 2 is 2.50 bits per heavy atom. The number of hydrogen-bond acceptors (Lipinski definition) is 2. The molecule has 1 heterocycles. The van der Waals surface area contributed by atoms with Crippen molar-refractivity contribution in [2.75, 3.05) is 7.05 Å². The quantitative estimate of drug-likeness (QED) is 0.825. The van der Waals surface area contributed by atoms with Crippen LogP contribution in [0.2, 0.25) is 0 Å². The van der Waals surface area contributed by atoms with Gasteiger partial charge >= 0.3 is 0 Å². The number of carbonyl (C=O) groups excluding carboxylic acids is 1. The second-order valence-corrected chi connectivity index (χ2v) is 3.14. The van der Waals surface area contributed by atoms with E-state index < -0.39 is 0 Å². The van der Waals surface area contributed by atoms with Crippen LogP contribution in [0.5, 0.6) is 0 Å². The molecule has 1 aromatic heterocycles. The maximum absolute atomic E-state index is 11.0. The van der Waals surface area contributed by atoms with Crippen molar-refractivity contribution in [3.05, 3.63) is 28.5 Å². The van der Waals surface area contributed by atoms with Crippen molar-refractivity contribution in [2.45, 2.75) is 6.42 Å². The van der Waals surface area contributed by atoms with Crippen LogP contribution in [0, 0.1) is 0 Å². The smallest absolute Gasteiger partial charge is 0.225 e. The summed E-state index contributed by atoms with van der Waals surface area (Å²) >= 11 is 3.31. The monoisotopic (exact) mass is 228 g/mol. The molecule has 1 N–H and O–H groups in total. The average molecular weight is 229 g/mol. The van der Waals surface area contributed by atoms with Crippen molar-refractivity contribution < 1.29 is 4.79 Å². The number of likely N-dealkylation sites (N-methyl/N-ethyl adjacent to an activating group) is 1. The molecule has 0 saturated carbocycles. The predicted molar refractivity (Wildman–Crippen MR) is 49.7 cm³/mol. The lowest BCUT2D eigenvalue weighted by atomic mass is 10.2. The van der Waals surface area contributed by atoms with Crippen LogP contribution in [0.3, 0.4) is 0 Å². The summed E-state index contributed by atoms with van der Waals surface area (Å²) in [6.45, 7) is 0. The predicted octanol–water partition coefficient (Wildman–Crippen LogP) is 1.13. The van der Waals surface area contributed by atoms with Gasteiger partial charge in [-0.2, -0.15) is 0 Å². The highest BCUT2D eigenvalue weighted by atomic mass is 79.9. The summed E-state index contributed by atoms with van der Waals surface area (Å²) < 4.78 is 0.869. The van der Waals surface area contributed by atoms with Crippen LogP contribution in [-0.2, 0) is 11.2 Å². The van der Waals surface area contributed by atoms with Gasteiger partial charge in [0.2, 0.25) is 5.91 Å². The fraction of sp³-hybridized carbons (Fsp3) is 0.250. The zero-order chi connectivity index (χ0) is 8.97. The van der Waals surface area contributed by atoms with E-state index in [9.17, 15) is 4.79 Å². The van der Waals surface area contributed by atoms with Crippen molar-refractivity contribution in [1.82, 2.24) is 10.3 Å². The molecule has 0 fully saturated rings. The van der Waals surface area contributed by atoms with Crippen LogP contribution in [0.25, 0.3) is 0 Å². The number of nitrogens with one attached hydrogen (secondary N) is 1. The lowest BCUT2D eigenvalue weighted by Gasteiger charge is -2.00. The fourth-order valence-corrected chi connectivity index (χ4v) is 1.18. The van der Waals surface area contributed by atoms with E-state index in [4.69, 9.17) is 0 Å². The SMILES string of the molecule is CNC(=O)Cc1ncccc1Br. The maximum Gasteiger partial charge on any atom is 0.225 e. The third-order valence-electron chi connectivity index (χ3n) is 1.44. The Labute approximate surface area is 79.3 Å². The molecule has 3 nitrogen and oxygen atoms in total. The molecule has 0 radical (unpaired) electrons. The summed E-state index contributed by atoms with van der Waals surface area (Å²) in [7, 11) is 1.61. The van der Waals surface area contributed by atoms with E-state index in [1.165, 1.54) is 0 Å². The van der Waals surface area contributed by atoms with Crippen molar-refractivity contribution in [2.24, 2.45) is 0 Å². The third kappa shape index (κ3) is 2.30. The average Bonchev–Trinajstić information content (AvgIpc) is 2.09. The van der Waals surface area contributed by atoms with Crippen molar-refractivity contribution in [3.8, 4) is 0 Å². The highest BCUT2D eigenvalue weighted by Crippen LogP contribution is 2.13. The molecule has 0 atom stereocenters. The van der Waals surface area contributed by atoms with Crippen LogP contribution in [0.1, 0.15) is 5.69 Å².